The highest BCUT2D eigenvalue weighted by Gasteiger charge is 2.32. The smallest absolute Gasteiger partial charge is 0.419 e. The number of ketones is 1. The minimum absolute atomic E-state index is 0.486. The van der Waals surface area contributed by atoms with Gasteiger partial charge in [0.2, 0.25) is 0 Å². The van der Waals surface area contributed by atoms with Gasteiger partial charge in [-0.25, -0.2) is 13.8 Å². The number of fused-ring (bicyclic) bond motifs is 3. The van der Waals surface area contributed by atoms with Crippen molar-refractivity contribution < 1.29 is 33.4 Å². The molecule has 0 aliphatic rings. The molecule has 2 aromatic carbocycles. The van der Waals surface area contributed by atoms with Crippen LogP contribution in [0.2, 0.25) is 5.02 Å². The number of rotatable bonds is 8. The van der Waals surface area contributed by atoms with Crippen LogP contribution in [0.5, 0.6) is 0 Å². The zero-order valence-electron chi connectivity index (χ0n) is 17.9. The number of aliphatic carboxylic acids is 1. The van der Waals surface area contributed by atoms with E-state index >= 15 is 0 Å². The van der Waals surface area contributed by atoms with Crippen LogP contribution in [0.25, 0.3) is 21.8 Å². The molecule has 0 fully saturated rings. The number of hydrogen-bond acceptors (Lipinski definition) is 5. The number of hydrogen-bond donors (Lipinski definition) is 2. The number of Topliss-reactive ketones (excluding diaryl/α,β-unsaturated/α-hetero) is 1. The number of para-hydroxylation sites is 1. The van der Waals surface area contributed by atoms with Gasteiger partial charge in [0, 0.05) is 15.8 Å². The molecule has 0 radical (unpaired) electrons. The lowest BCUT2D eigenvalue weighted by molar-refractivity contribution is -0.141. The normalized spacial score (nSPS) is 13.1. The molecule has 0 saturated carbocycles. The molecule has 0 aliphatic heterocycles. The number of ether oxygens (including phenoxy) is 1. The Morgan fingerprint density at radius 2 is 1.76 bits per heavy atom. The molecule has 2 N–H and O–H groups in total. The van der Waals surface area contributed by atoms with Crippen LogP contribution in [-0.2, 0) is 19.1 Å². The number of aromatic nitrogens is 1. The highest BCUT2D eigenvalue weighted by Crippen LogP contribution is 2.31. The summed E-state index contributed by atoms with van der Waals surface area (Å²) in [6.45, 7) is 1.80. The van der Waals surface area contributed by atoms with Crippen molar-refractivity contribution in [2.45, 2.75) is 32.4 Å². The number of nitrogens with one attached hydrogen (secondary N) is 1. The number of carbonyl (C=O) groups is 4. The summed E-state index contributed by atoms with van der Waals surface area (Å²) in [5.41, 5.74) is 1.06. The van der Waals surface area contributed by atoms with E-state index in [1.807, 2.05) is 12.1 Å². The molecule has 0 saturated heterocycles. The van der Waals surface area contributed by atoms with Crippen LogP contribution in [-0.4, -0.2) is 52.2 Å². The third-order valence-corrected chi connectivity index (χ3v) is 5.36. The summed E-state index contributed by atoms with van der Waals surface area (Å²) in [4.78, 5) is 48.7. The van der Waals surface area contributed by atoms with Gasteiger partial charge in [-0.1, -0.05) is 43.6 Å². The number of nitrogens with zero attached hydrogens (tertiary/aromatic N) is 1. The fraction of sp³-hybridized carbons (Fsp3) is 0.304. The predicted molar refractivity (Wildman–Crippen MR) is 120 cm³/mol. The molecule has 10 heteroatoms. The maximum Gasteiger partial charge on any atom is 0.419 e. The largest absolute Gasteiger partial charge is 0.481 e. The lowest BCUT2D eigenvalue weighted by Gasteiger charge is -2.23. The Morgan fingerprint density at radius 1 is 1.09 bits per heavy atom. The number of halogens is 2. The molecule has 1 amide bonds. The van der Waals surface area contributed by atoms with Crippen molar-refractivity contribution in [2.75, 3.05) is 6.67 Å². The number of carboxylic acids is 1. The summed E-state index contributed by atoms with van der Waals surface area (Å²) in [7, 11) is 0. The molecule has 174 valence electrons. The number of benzene rings is 2. The predicted octanol–water partition coefficient (Wildman–Crippen LogP) is 3.96. The number of alkyl halides is 1. The van der Waals surface area contributed by atoms with Crippen molar-refractivity contribution >= 4 is 57.2 Å². The van der Waals surface area contributed by atoms with Gasteiger partial charge in [-0.2, -0.15) is 0 Å². The van der Waals surface area contributed by atoms with E-state index in [2.05, 4.69) is 5.32 Å². The second kappa shape index (κ2) is 9.99. The average Bonchev–Trinajstić information content (AvgIpc) is 3.09. The molecule has 3 aromatic rings. The van der Waals surface area contributed by atoms with E-state index in [1.165, 1.54) is 4.57 Å². The summed E-state index contributed by atoms with van der Waals surface area (Å²) in [6.07, 6.45) is -2.99. The Bertz CT molecular complexity index is 1240. The van der Waals surface area contributed by atoms with Crippen LogP contribution in [0.1, 0.15) is 20.3 Å². The van der Waals surface area contributed by atoms with Crippen LogP contribution in [0, 0.1) is 5.92 Å². The zero-order chi connectivity index (χ0) is 24.3. The first-order valence-corrected chi connectivity index (χ1v) is 10.5. The fourth-order valence-electron chi connectivity index (χ4n) is 3.56. The fourth-order valence-corrected chi connectivity index (χ4v) is 3.73. The molecule has 33 heavy (non-hydrogen) atoms. The second-order valence-electron chi connectivity index (χ2n) is 7.82. The van der Waals surface area contributed by atoms with E-state index in [9.17, 15) is 23.6 Å². The third kappa shape index (κ3) is 5.14. The standard InChI is InChI=1S/C23H22ClFN2O6/c1-12(2)21(22(31)26-16(10-20(29)30)19(28)11-25)33-23(32)27-17-6-4-3-5-14(17)15-9-13(24)7-8-18(15)27/h3-9,12,16,21H,10-11H2,1-2H3,(H,26,31)(H,29,30). The van der Waals surface area contributed by atoms with Gasteiger partial charge in [0.1, 0.15) is 12.7 Å². The first-order valence-electron chi connectivity index (χ1n) is 10.1. The van der Waals surface area contributed by atoms with Gasteiger partial charge in [-0.15, -0.1) is 0 Å². The van der Waals surface area contributed by atoms with Crippen LogP contribution in [0.3, 0.4) is 0 Å². The minimum atomic E-state index is -1.57. The van der Waals surface area contributed by atoms with Gasteiger partial charge >= 0.3 is 12.1 Å². The molecule has 0 bridgehead atoms. The summed E-state index contributed by atoms with van der Waals surface area (Å²) < 4.78 is 19.6. The van der Waals surface area contributed by atoms with Crippen molar-refractivity contribution in [3.05, 3.63) is 47.5 Å². The molecule has 0 aliphatic carbocycles. The van der Waals surface area contributed by atoms with Gasteiger partial charge in [0.05, 0.1) is 17.5 Å². The molecule has 3 rings (SSSR count). The van der Waals surface area contributed by atoms with E-state index < -0.39 is 54.9 Å². The van der Waals surface area contributed by atoms with Gasteiger partial charge in [0.15, 0.2) is 11.9 Å². The number of amides is 1. The van der Waals surface area contributed by atoms with E-state index in [-0.39, 0.29) is 0 Å². The lowest BCUT2D eigenvalue weighted by Crippen LogP contribution is -2.49. The van der Waals surface area contributed by atoms with Crippen molar-refractivity contribution in [1.29, 1.82) is 0 Å². The third-order valence-electron chi connectivity index (χ3n) is 5.12. The highest BCUT2D eigenvalue weighted by atomic mass is 35.5. The molecule has 1 aromatic heterocycles. The Hall–Kier alpha value is -3.46. The number of carboxylic acid groups (broad SMARTS) is 1. The Labute approximate surface area is 193 Å². The van der Waals surface area contributed by atoms with Crippen LogP contribution in [0.15, 0.2) is 42.5 Å². The number of carbonyl (C=O) groups excluding carboxylic acids is 3. The average molecular weight is 477 g/mol. The molecule has 2 atom stereocenters. The van der Waals surface area contributed by atoms with Crippen molar-refractivity contribution in [2.24, 2.45) is 5.92 Å². The maximum absolute atomic E-state index is 13.2. The van der Waals surface area contributed by atoms with Gasteiger partial charge in [-0.3, -0.25) is 14.4 Å². The Kier molecular flexibility index (Phi) is 7.33. The first-order chi connectivity index (χ1) is 15.6. The van der Waals surface area contributed by atoms with Crippen LogP contribution < -0.4 is 5.32 Å². The van der Waals surface area contributed by atoms with Crippen LogP contribution in [0.4, 0.5) is 9.18 Å². The van der Waals surface area contributed by atoms with E-state index in [4.69, 9.17) is 21.4 Å². The molecular formula is C23H22ClFN2O6. The van der Waals surface area contributed by atoms with Gasteiger partial charge < -0.3 is 15.2 Å². The van der Waals surface area contributed by atoms with Crippen molar-refractivity contribution in [3.8, 4) is 0 Å². The molecule has 1 heterocycles. The van der Waals surface area contributed by atoms with Crippen molar-refractivity contribution in [1.82, 2.24) is 9.88 Å². The van der Waals surface area contributed by atoms with Crippen LogP contribution >= 0.6 is 11.6 Å². The Balaban J connectivity index is 1.93. The zero-order valence-corrected chi connectivity index (χ0v) is 18.6. The SMILES string of the molecule is CC(C)C(OC(=O)n1c2ccccc2c2cc(Cl)ccc21)C(=O)NC(CC(=O)O)C(=O)CF. The second-order valence-corrected chi connectivity index (χ2v) is 8.26. The topological polar surface area (TPSA) is 115 Å². The molecule has 8 nitrogen and oxygen atoms in total. The summed E-state index contributed by atoms with van der Waals surface area (Å²) in [6, 6.07) is 10.5. The first kappa shape index (κ1) is 24.2. The van der Waals surface area contributed by atoms with E-state index in [0.717, 1.165) is 10.8 Å². The van der Waals surface area contributed by atoms with E-state index in [1.54, 1.807) is 44.2 Å². The summed E-state index contributed by atoms with van der Waals surface area (Å²) in [5, 5.41) is 13.1. The van der Waals surface area contributed by atoms with Crippen molar-refractivity contribution in [3.63, 3.8) is 0 Å². The summed E-state index contributed by atoms with van der Waals surface area (Å²) in [5.74, 6) is -3.89. The highest BCUT2D eigenvalue weighted by molar-refractivity contribution is 6.32. The van der Waals surface area contributed by atoms with E-state index in [0.29, 0.717) is 16.1 Å². The monoisotopic (exact) mass is 476 g/mol. The van der Waals surface area contributed by atoms with Gasteiger partial charge in [0.25, 0.3) is 5.91 Å². The quantitative estimate of drug-likeness (QED) is 0.508. The van der Waals surface area contributed by atoms with Gasteiger partial charge in [-0.05, 0) is 30.2 Å². The minimum Gasteiger partial charge on any atom is -0.481 e. The Morgan fingerprint density at radius 3 is 2.39 bits per heavy atom. The molecule has 2 unspecified atom stereocenters. The summed E-state index contributed by atoms with van der Waals surface area (Å²) >= 11 is 6.12. The molecule has 0 spiro atoms. The maximum atomic E-state index is 13.2. The lowest BCUT2D eigenvalue weighted by atomic mass is 10.0. The molecular weight excluding hydrogens is 455 g/mol.